The van der Waals surface area contributed by atoms with E-state index in [1.807, 2.05) is 6.92 Å². The van der Waals surface area contributed by atoms with Gasteiger partial charge in [-0.15, -0.1) is 0 Å². The van der Waals surface area contributed by atoms with Crippen LogP contribution in [-0.2, 0) is 18.1 Å². The van der Waals surface area contributed by atoms with Crippen molar-refractivity contribution in [3.63, 3.8) is 0 Å². The molecular formula is C15H25N3O5Si. The van der Waals surface area contributed by atoms with Crippen LogP contribution in [0.1, 0.15) is 20.3 Å². The van der Waals surface area contributed by atoms with Gasteiger partial charge in [0.25, 0.3) is 0 Å². The molecular weight excluding hydrogens is 330 g/mol. The Bertz CT molecular complexity index is 543. The number of hydrogen-bond donors (Lipinski definition) is 2. The summed E-state index contributed by atoms with van der Waals surface area (Å²) in [5.74, 6) is -0.481. The molecule has 1 aliphatic carbocycles. The molecule has 1 aliphatic rings. The standard InChI is InChI=1S/C15H25N3O5Si/c1-5-10-24(21-3,22-4)23-13(17-11-19)12-8-6-7-9-15(12,2)18-14(16)20/h6-9,12-13H,5,10H2,1-4H3,(H3,16,18,20). The minimum Gasteiger partial charge on any atom is -0.377 e. The Hall–Kier alpha value is -1.77. The third-order valence-electron chi connectivity index (χ3n) is 3.92. The highest BCUT2D eigenvalue weighted by atomic mass is 28.4. The Balaban J connectivity index is 3.17. The quantitative estimate of drug-likeness (QED) is 0.369. The van der Waals surface area contributed by atoms with Gasteiger partial charge in [-0.1, -0.05) is 37.6 Å². The molecule has 0 radical (unpaired) electrons. The van der Waals surface area contributed by atoms with Crippen LogP contribution in [0.15, 0.2) is 29.3 Å². The number of nitrogens with zero attached hydrogens (tertiary/aromatic N) is 1. The fourth-order valence-electron chi connectivity index (χ4n) is 2.70. The maximum atomic E-state index is 11.4. The Kier molecular flexibility index (Phi) is 7.52. The lowest BCUT2D eigenvalue weighted by molar-refractivity contribution is 0.0271. The van der Waals surface area contributed by atoms with Crippen LogP contribution in [0.25, 0.3) is 0 Å². The number of hydrogen-bond acceptors (Lipinski definition) is 6. The Morgan fingerprint density at radius 3 is 2.62 bits per heavy atom. The molecule has 0 bridgehead atoms. The lowest BCUT2D eigenvalue weighted by Gasteiger charge is -2.40. The number of nitrogens with one attached hydrogen (secondary N) is 1. The van der Waals surface area contributed by atoms with Gasteiger partial charge in [-0.25, -0.2) is 9.59 Å². The summed E-state index contributed by atoms with van der Waals surface area (Å²) in [6.07, 6.45) is 8.49. The van der Waals surface area contributed by atoms with Crippen molar-refractivity contribution in [3.8, 4) is 0 Å². The number of urea groups is 1. The summed E-state index contributed by atoms with van der Waals surface area (Å²) in [6.45, 7) is 3.74. The van der Waals surface area contributed by atoms with Crippen molar-refractivity contribution in [1.29, 1.82) is 0 Å². The molecule has 9 heteroatoms. The van der Waals surface area contributed by atoms with Crippen LogP contribution in [0.3, 0.4) is 0 Å². The van der Waals surface area contributed by atoms with Crippen molar-refractivity contribution >= 4 is 20.9 Å². The zero-order valence-electron chi connectivity index (χ0n) is 14.4. The van der Waals surface area contributed by atoms with Crippen molar-refractivity contribution in [2.24, 2.45) is 16.6 Å². The molecule has 0 heterocycles. The van der Waals surface area contributed by atoms with Gasteiger partial charge in [-0.05, 0) is 6.92 Å². The first kappa shape index (κ1) is 20.3. The van der Waals surface area contributed by atoms with Gasteiger partial charge in [0.05, 0.1) is 11.5 Å². The number of carbonyl (C=O) groups is 1. The fraction of sp³-hybridized carbons (Fsp3) is 0.600. The van der Waals surface area contributed by atoms with E-state index in [2.05, 4.69) is 10.3 Å². The smallest absolute Gasteiger partial charge is 0.377 e. The second-order valence-electron chi connectivity index (χ2n) is 5.61. The van der Waals surface area contributed by atoms with Gasteiger partial charge < -0.3 is 24.3 Å². The number of aliphatic imine (C=N–C) groups is 1. The second-order valence-corrected chi connectivity index (χ2v) is 8.53. The number of isocyanates is 1. The van der Waals surface area contributed by atoms with Gasteiger partial charge in [0.2, 0.25) is 6.08 Å². The number of allylic oxidation sites excluding steroid dienone is 2. The van der Waals surface area contributed by atoms with E-state index in [0.717, 1.165) is 6.42 Å². The molecule has 0 spiro atoms. The van der Waals surface area contributed by atoms with Crippen molar-refractivity contribution < 1.29 is 22.9 Å². The van der Waals surface area contributed by atoms with E-state index >= 15 is 0 Å². The fourth-order valence-corrected chi connectivity index (χ4v) is 4.76. The summed E-state index contributed by atoms with van der Waals surface area (Å²) in [5.41, 5.74) is 4.40. The molecule has 1 rings (SSSR count). The summed E-state index contributed by atoms with van der Waals surface area (Å²) < 4.78 is 17.0. The van der Waals surface area contributed by atoms with Gasteiger partial charge in [-0.2, -0.15) is 4.99 Å². The molecule has 2 amide bonds. The number of nitrogens with two attached hydrogens (primary N) is 1. The average molecular weight is 355 g/mol. The van der Waals surface area contributed by atoms with Crippen LogP contribution < -0.4 is 11.1 Å². The number of primary amides is 1. The minimum atomic E-state index is -3.00. The zero-order valence-corrected chi connectivity index (χ0v) is 15.4. The maximum absolute atomic E-state index is 11.4. The van der Waals surface area contributed by atoms with Crippen molar-refractivity contribution in [2.75, 3.05) is 14.2 Å². The van der Waals surface area contributed by atoms with Crippen LogP contribution in [0.2, 0.25) is 6.04 Å². The molecule has 24 heavy (non-hydrogen) atoms. The summed E-state index contributed by atoms with van der Waals surface area (Å²) in [5, 5.41) is 2.67. The van der Waals surface area contributed by atoms with E-state index in [-0.39, 0.29) is 0 Å². The van der Waals surface area contributed by atoms with E-state index in [4.69, 9.17) is 19.0 Å². The number of carbonyl (C=O) groups excluding carboxylic acids is 2. The highest BCUT2D eigenvalue weighted by Crippen LogP contribution is 2.32. The number of rotatable bonds is 9. The SMILES string of the molecule is CCC[Si](OC)(OC)OC(N=C=O)C1C=CC=CC1(C)NC(N)=O. The molecule has 0 aromatic rings. The average Bonchev–Trinajstić information content (AvgIpc) is 2.53. The summed E-state index contributed by atoms with van der Waals surface area (Å²) in [4.78, 5) is 26.1. The van der Waals surface area contributed by atoms with Gasteiger partial charge in [0.1, 0.15) is 0 Å². The van der Waals surface area contributed by atoms with Crippen LogP contribution in [0.5, 0.6) is 0 Å². The topological polar surface area (TPSA) is 112 Å². The molecule has 3 atom stereocenters. The lowest BCUT2D eigenvalue weighted by atomic mass is 9.81. The van der Waals surface area contributed by atoms with Crippen LogP contribution in [-0.4, -0.2) is 46.9 Å². The molecule has 0 aromatic carbocycles. The molecule has 0 aliphatic heterocycles. The van der Waals surface area contributed by atoms with Crippen molar-refractivity contribution in [3.05, 3.63) is 24.3 Å². The molecule has 3 N–H and O–H groups in total. The third kappa shape index (κ3) is 4.86. The Morgan fingerprint density at radius 2 is 2.12 bits per heavy atom. The first-order chi connectivity index (χ1) is 11.4. The Labute approximate surface area is 143 Å². The van der Waals surface area contributed by atoms with Gasteiger partial charge in [-0.3, -0.25) is 0 Å². The highest BCUT2D eigenvalue weighted by molar-refractivity contribution is 6.60. The van der Waals surface area contributed by atoms with E-state index < -0.39 is 32.5 Å². The largest absolute Gasteiger partial charge is 0.502 e. The van der Waals surface area contributed by atoms with Gasteiger partial charge in [0.15, 0.2) is 6.23 Å². The monoisotopic (exact) mass is 355 g/mol. The van der Waals surface area contributed by atoms with E-state index in [1.165, 1.54) is 20.3 Å². The van der Waals surface area contributed by atoms with E-state index in [0.29, 0.717) is 6.04 Å². The summed E-state index contributed by atoms with van der Waals surface area (Å²) >= 11 is 0. The van der Waals surface area contributed by atoms with Crippen LogP contribution in [0.4, 0.5) is 4.79 Å². The Morgan fingerprint density at radius 1 is 1.46 bits per heavy atom. The second kappa shape index (κ2) is 8.91. The predicted octanol–water partition coefficient (Wildman–Crippen LogP) is 1.48. The first-order valence-electron chi connectivity index (χ1n) is 7.65. The maximum Gasteiger partial charge on any atom is 0.502 e. The van der Waals surface area contributed by atoms with E-state index in [1.54, 1.807) is 31.2 Å². The van der Waals surface area contributed by atoms with Crippen molar-refractivity contribution in [2.45, 2.75) is 38.1 Å². The molecule has 0 saturated heterocycles. The van der Waals surface area contributed by atoms with Crippen LogP contribution in [0, 0.1) is 5.92 Å². The predicted molar refractivity (Wildman–Crippen MR) is 90.8 cm³/mol. The number of amides is 2. The molecule has 0 aromatic heterocycles. The summed E-state index contributed by atoms with van der Waals surface area (Å²) in [6, 6.07) is -0.122. The van der Waals surface area contributed by atoms with Gasteiger partial charge >= 0.3 is 14.8 Å². The molecule has 8 nitrogen and oxygen atoms in total. The minimum absolute atomic E-state index is 0.481. The molecule has 0 saturated carbocycles. The lowest BCUT2D eigenvalue weighted by Crippen LogP contribution is -2.57. The summed E-state index contributed by atoms with van der Waals surface area (Å²) in [7, 11) is 0.00421. The van der Waals surface area contributed by atoms with Gasteiger partial charge in [0, 0.05) is 20.3 Å². The third-order valence-corrected chi connectivity index (χ3v) is 6.88. The first-order valence-corrected chi connectivity index (χ1v) is 9.58. The van der Waals surface area contributed by atoms with E-state index in [9.17, 15) is 9.59 Å². The highest BCUT2D eigenvalue weighted by Gasteiger charge is 2.46. The molecule has 134 valence electrons. The molecule has 0 fully saturated rings. The van der Waals surface area contributed by atoms with Crippen LogP contribution >= 0.6 is 0 Å². The molecule has 3 unspecified atom stereocenters. The zero-order chi connectivity index (χ0) is 18.2. The van der Waals surface area contributed by atoms with Crippen molar-refractivity contribution in [1.82, 2.24) is 5.32 Å². The normalized spacial score (nSPS) is 24.2.